The molecular formula is C11H12Cl2O2. The zero-order chi connectivity index (χ0) is 10.8. The SMILES string of the molecule is O[C@H]1CCC[C@@H]1Oc1c(Cl)cccc1Cl. The standard InChI is InChI=1S/C11H12Cl2O2/c12-7-3-1-4-8(13)11(7)15-10-6-2-5-9(10)14/h1,3-4,9-10,14H,2,5-6H2/t9-,10-/m0/s1. The molecule has 1 N–H and O–H groups in total. The minimum Gasteiger partial charge on any atom is -0.485 e. The minimum atomic E-state index is -0.405. The van der Waals surface area contributed by atoms with Gasteiger partial charge in [0.1, 0.15) is 6.10 Å². The maximum absolute atomic E-state index is 9.62. The summed E-state index contributed by atoms with van der Waals surface area (Å²) in [6.07, 6.45) is 2.03. The van der Waals surface area contributed by atoms with Crippen LogP contribution in [0.2, 0.25) is 10.0 Å². The van der Waals surface area contributed by atoms with Crippen LogP contribution in [-0.2, 0) is 0 Å². The van der Waals surface area contributed by atoms with E-state index in [1.807, 2.05) is 0 Å². The topological polar surface area (TPSA) is 29.5 Å². The summed E-state index contributed by atoms with van der Waals surface area (Å²) in [5.41, 5.74) is 0. The van der Waals surface area contributed by atoms with Crippen LogP contribution in [0.1, 0.15) is 19.3 Å². The van der Waals surface area contributed by atoms with Gasteiger partial charge < -0.3 is 9.84 Å². The van der Waals surface area contributed by atoms with E-state index in [-0.39, 0.29) is 6.10 Å². The van der Waals surface area contributed by atoms with E-state index in [1.165, 1.54) is 0 Å². The highest BCUT2D eigenvalue weighted by atomic mass is 35.5. The monoisotopic (exact) mass is 246 g/mol. The molecule has 1 fully saturated rings. The number of hydrogen-bond donors (Lipinski definition) is 1. The summed E-state index contributed by atoms with van der Waals surface area (Å²) in [5, 5.41) is 10.6. The van der Waals surface area contributed by atoms with Gasteiger partial charge in [0.15, 0.2) is 5.75 Å². The molecule has 82 valence electrons. The second-order valence-electron chi connectivity index (χ2n) is 3.71. The molecule has 1 aliphatic carbocycles. The van der Waals surface area contributed by atoms with E-state index >= 15 is 0 Å². The molecule has 1 saturated carbocycles. The second kappa shape index (κ2) is 4.60. The molecule has 2 rings (SSSR count). The molecule has 1 aliphatic rings. The Kier molecular flexibility index (Phi) is 3.39. The predicted molar refractivity (Wildman–Crippen MR) is 60.7 cm³/mol. The van der Waals surface area contributed by atoms with Crippen molar-refractivity contribution in [3.8, 4) is 5.75 Å². The second-order valence-corrected chi connectivity index (χ2v) is 4.52. The Morgan fingerprint density at radius 2 is 1.87 bits per heavy atom. The van der Waals surface area contributed by atoms with Crippen LogP contribution < -0.4 is 4.74 Å². The smallest absolute Gasteiger partial charge is 0.157 e. The number of aliphatic hydroxyl groups is 1. The molecular weight excluding hydrogens is 235 g/mol. The average molecular weight is 247 g/mol. The molecule has 0 spiro atoms. The maximum atomic E-state index is 9.62. The largest absolute Gasteiger partial charge is 0.485 e. The van der Waals surface area contributed by atoms with Gasteiger partial charge in [0.05, 0.1) is 16.1 Å². The summed E-state index contributed by atoms with van der Waals surface area (Å²) in [5.74, 6) is 0.479. The lowest BCUT2D eigenvalue weighted by atomic mass is 10.2. The van der Waals surface area contributed by atoms with Gasteiger partial charge in [-0.05, 0) is 31.4 Å². The van der Waals surface area contributed by atoms with Gasteiger partial charge >= 0.3 is 0 Å². The van der Waals surface area contributed by atoms with Gasteiger partial charge in [-0.3, -0.25) is 0 Å². The van der Waals surface area contributed by atoms with E-state index in [1.54, 1.807) is 18.2 Å². The molecule has 0 amide bonds. The van der Waals surface area contributed by atoms with Crippen LogP contribution in [0, 0.1) is 0 Å². The Hall–Kier alpha value is -0.440. The number of aliphatic hydroxyl groups excluding tert-OH is 1. The lowest BCUT2D eigenvalue weighted by Gasteiger charge is -2.18. The Balaban J connectivity index is 2.16. The minimum absolute atomic E-state index is 0.178. The lowest BCUT2D eigenvalue weighted by Crippen LogP contribution is -2.25. The van der Waals surface area contributed by atoms with Crippen LogP contribution >= 0.6 is 23.2 Å². The highest BCUT2D eigenvalue weighted by molar-refractivity contribution is 6.37. The van der Waals surface area contributed by atoms with E-state index in [0.717, 1.165) is 19.3 Å². The molecule has 0 bridgehead atoms. The summed E-state index contributed by atoms with van der Waals surface area (Å²) in [4.78, 5) is 0. The van der Waals surface area contributed by atoms with Crippen molar-refractivity contribution in [1.29, 1.82) is 0 Å². The fourth-order valence-corrected chi connectivity index (χ4v) is 2.28. The number of hydrogen-bond acceptors (Lipinski definition) is 2. The highest BCUT2D eigenvalue weighted by Gasteiger charge is 2.28. The first-order valence-electron chi connectivity index (χ1n) is 4.97. The van der Waals surface area contributed by atoms with Crippen LogP contribution in [0.4, 0.5) is 0 Å². The van der Waals surface area contributed by atoms with Gasteiger partial charge in [-0.1, -0.05) is 29.3 Å². The Labute approximate surface area is 98.8 Å². The van der Waals surface area contributed by atoms with Gasteiger partial charge in [0.25, 0.3) is 0 Å². The summed E-state index contributed by atoms with van der Waals surface area (Å²) < 4.78 is 5.64. The Morgan fingerprint density at radius 3 is 2.40 bits per heavy atom. The number of para-hydroxylation sites is 1. The zero-order valence-electron chi connectivity index (χ0n) is 8.12. The normalized spacial score (nSPS) is 25.5. The van der Waals surface area contributed by atoms with Gasteiger partial charge in [0, 0.05) is 0 Å². The van der Waals surface area contributed by atoms with E-state index in [4.69, 9.17) is 27.9 Å². The van der Waals surface area contributed by atoms with Crippen molar-refractivity contribution in [1.82, 2.24) is 0 Å². The summed E-state index contributed by atoms with van der Waals surface area (Å²) in [6.45, 7) is 0. The zero-order valence-corrected chi connectivity index (χ0v) is 9.63. The van der Waals surface area contributed by atoms with Gasteiger partial charge in [-0.25, -0.2) is 0 Å². The van der Waals surface area contributed by atoms with Crippen molar-refractivity contribution in [2.75, 3.05) is 0 Å². The van der Waals surface area contributed by atoms with Crippen LogP contribution in [-0.4, -0.2) is 17.3 Å². The average Bonchev–Trinajstić information content (AvgIpc) is 2.58. The van der Waals surface area contributed by atoms with E-state index in [2.05, 4.69) is 0 Å². The Bertz CT molecular complexity index is 334. The first kappa shape index (κ1) is 11.1. The molecule has 2 atom stereocenters. The summed E-state index contributed by atoms with van der Waals surface area (Å²) in [7, 11) is 0. The van der Waals surface area contributed by atoms with Gasteiger partial charge in [-0.15, -0.1) is 0 Å². The van der Waals surface area contributed by atoms with Crippen molar-refractivity contribution < 1.29 is 9.84 Å². The Morgan fingerprint density at radius 1 is 1.20 bits per heavy atom. The highest BCUT2D eigenvalue weighted by Crippen LogP contribution is 2.35. The summed E-state index contributed by atoms with van der Waals surface area (Å²) >= 11 is 11.9. The van der Waals surface area contributed by atoms with Gasteiger partial charge in [0.2, 0.25) is 0 Å². The third kappa shape index (κ3) is 2.39. The van der Waals surface area contributed by atoms with Crippen molar-refractivity contribution in [3.63, 3.8) is 0 Å². The maximum Gasteiger partial charge on any atom is 0.157 e. The molecule has 0 aromatic heterocycles. The van der Waals surface area contributed by atoms with Crippen LogP contribution in [0.15, 0.2) is 18.2 Å². The molecule has 0 saturated heterocycles. The third-order valence-electron chi connectivity index (χ3n) is 2.61. The fraction of sp³-hybridized carbons (Fsp3) is 0.455. The van der Waals surface area contributed by atoms with E-state index in [0.29, 0.717) is 15.8 Å². The number of rotatable bonds is 2. The predicted octanol–water partition coefficient (Wildman–Crippen LogP) is 3.29. The summed E-state index contributed by atoms with van der Waals surface area (Å²) in [6, 6.07) is 5.22. The van der Waals surface area contributed by atoms with Gasteiger partial charge in [-0.2, -0.15) is 0 Å². The van der Waals surface area contributed by atoms with E-state index < -0.39 is 6.10 Å². The molecule has 0 aliphatic heterocycles. The van der Waals surface area contributed by atoms with Crippen LogP contribution in [0.25, 0.3) is 0 Å². The molecule has 0 heterocycles. The van der Waals surface area contributed by atoms with Crippen molar-refractivity contribution >= 4 is 23.2 Å². The van der Waals surface area contributed by atoms with E-state index in [9.17, 15) is 5.11 Å². The molecule has 0 radical (unpaired) electrons. The van der Waals surface area contributed by atoms with Crippen LogP contribution in [0.3, 0.4) is 0 Å². The number of benzene rings is 1. The first-order valence-corrected chi connectivity index (χ1v) is 5.73. The lowest BCUT2D eigenvalue weighted by molar-refractivity contribution is 0.0605. The van der Waals surface area contributed by atoms with Crippen molar-refractivity contribution in [2.45, 2.75) is 31.5 Å². The molecule has 1 aromatic rings. The van der Waals surface area contributed by atoms with Crippen molar-refractivity contribution in [2.24, 2.45) is 0 Å². The first-order chi connectivity index (χ1) is 7.18. The fourth-order valence-electron chi connectivity index (χ4n) is 1.79. The molecule has 4 heteroatoms. The number of halogens is 2. The number of ether oxygens (including phenoxy) is 1. The quantitative estimate of drug-likeness (QED) is 0.868. The van der Waals surface area contributed by atoms with Crippen molar-refractivity contribution in [3.05, 3.63) is 28.2 Å². The molecule has 1 aromatic carbocycles. The van der Waals surface area contributed by atoms with Crippen LogP contribution in [0.5, 0.6) is 5.75 Å². The molecule has 0 unspecified atom stereocenters. The molecule has 2 nitrogen and oxygen atoms in total. The molecule has 15 heavy (non-hydrogen) atoms. The third-order valence-corrected chi connectivity index (χ3v) is 3.20.